The average molecular weight is 336 g/mol. The third-order valence-electron chi connectivity index (χ3n) is 3.97. The van der Waals surface area contributed by atoms with E-state index in [9.17, 15) is 14.0 Å². The second-order valence-electron chi connectivity index (χ2n) is 5.65. The van der Waals surface area contributed by atoms with Crippen LogP contribution >= 0.6 is 11.3 Å². The van der Waals surface area contributed by atoms with E-state index in [-0.39, 0.29) is 17.6 Å². The van der Waals surface area contributed by atoms with E-state index in [1.165, 1.54) is 18.3 Å². The summed E-state index contributed by atoms with van der Waals surface area (Å²) in [6, 6.07) is -0.337. The number of carbonyl (C=O) groups is 1. The lowest BCUT2D eigenvalue weighted by Gasteiger charge is -2.23. The van der Waals surface area contributed by atoms with Crippen LogP contribution in [0.4, 0.5) is 4.39 Å². The van der Waals surface area contributed by atoms with Crippen LogP contribution in [-0.2, 0) is 0 Å². The number of aryl methyl sites for hydroxylation is 3. The first-order valence-electron chi connectivity index (χ1n) is 7.39. The number of carbonyl (C=O) groups excluding carboxylic acids is 1. The molecule has 0 bridgehead atoms. The third-order valence-corrected chi connectivity index (χ3v) is 5.03. The molecule has 1 atom stereocenters. The zero-order valence-corrected chi connectivity index (χ0v) is 14.0. The molecule has 6 nitrogen and oxygen atoms in total. The fraction of sp³-hybridized carbons (Fsp3) is 0.467. The largest absolute Gasteiger partial charge is 0.328 e. The van der Waals surface area contributed by atoms with Crippen molar-refractivity contribution in [3.8, 4) is 0 Å². The van der Waals surface area contributed by atoms with Crippen LogP contribution in [0.3, 0.4) is 0 Å². The molecule has 0 saturated carbocycles. The number of hydrogen-bond acceptors (Lipinski definition) is 5. The fourth-order valence-corrected chi connectivity index (χ4v) is 3.78. The molecule has 1 amide bonds. The Morgan fingerprint density at radius 3 is 2.65 bits per heavy atom. The van der Waals surface area contributed by atoms with Gasteiger partial charge in [0.15, 0.2) is 0 Å². The van der Waals surface area contributed by atoms with Crippen molar-refractivity contribution in [3.05, 3.63) is 43.3 Å². The standard InChI is InChI=1S/C15H17FN4O2S/c1-7-11(16)14(21)19-13(18-7)10-5-4-6-20(10)15(22)12-8(2)17-9(3)23-12/h10H,4-6H2,1-3H3,(H,18,19,21). The molecule has 1 saturated heterocycles. The summed E-state index contributed by atoms with van der Waals surface area (Å²) in [5.74, 6) is -0.641. The summed E-state index contributed by atoms with van der Waals surface area (Å²) in [5, 5.41) is 0.839. The lowest BCUT2D eigenvalue weighted by molar-refractivity contribution is 0.0733. The number of halogens is 1. The molecule has 1 N–H and O–H groups in total. The van der Waals surface area contributed by atoms with Crippen LogP contribution in [0.2, 0.25) is 0 Å². The number of thiazole rings is 1. The van der Waals surface area contributed by atoms with Gasteiger partial charge in [0, 0.05) is 6.54 Å². The number of hydrogen-bond donors (Lipinski definition) is 1. The lowest BCUT2D eigenvalue weighted by Crippen LogP contribution is -2.33. The predicted octanol–water partition coefficient (Wildman–Crippen LogP) is 2.27. The number of aromatic amines is 1. The lowest BCUT2D eigenvalue weighted by atomic mass is 10.2. The van der Waals surface area contributed by atoms with Gasteiger partial charge < -0.3 is 9.88 Å². The summed E-state index contributed by atoms with van der Waals surface area (Å²) < 4.78 is 13.5. The van der Waals surface area contributed by atoms with Crippen LogP contribution in [-0.4, -0.2) is 32.3 Å². The van der Waals surface area contributed by atoms with Crippen LogP contribution in [0, 0.1) is 26.6 Å². The number of H-pyrrole nitrogens is 1. The number of amides is 1. The summed E-state index contributed by atoms with van der Waals surface area (Å²) in [4.78, 5) is 37.6. The first-order chi connectivity index (χ1) is 10.9. The minimum absolute atomic E-state index is 0.0489. The molecular formula is C15H17FN4O2S. The summed E-state index contributed by atoms with van der Waals surface area (Å²) in [6.45, 7) is 5.70. The summed E-state index contributed by atoms with van der Waals surface area (Å²) in [7, 11) is 0. The molecule has 2 aromatic rings. The smallest absolute Gasteiger partial charge is 0.287 e. The van der Waals surface area contributed by atoms with Crippen LogP contribution in [0.25, 0.3) is 0 Å². The second-order valence-corrected chi connectivity index (χ2v) is 6.86. The number of aromatic nitrogens is 3. The molecule has 8 heteroatoms. The highest BCUT2D eigenvalue weighted by molar-refractivity contribution is 7.13. The first-order valence-corrected chi connectivity index (χ1v) is 8.21. The van der Waals surface area contributed by atoms with Crippen molar-refractivity contribution in [1.82, 2.24) is 19.9 Å². The minimum atomic E-state index is -0.876. The maximum Gasteiger partial charge on any atom is 0.287 e. The number of likely N-dealkylation sites (tertiary alicyclic amines) is 1. The van der Waals surface area contributed by atoms with E-state index < -0.39 is 11.4 Å². The van der Waals surface area contributed by atoms with Crippen LogP contribution < -0.4 is 5.56 Å². The Kier molecular flexibility index (Phi) is 4.01. The van der Waals surface area contributed by atoms with Crippen molar-refractivity contribution in [3.63, 3.8) is 0 Å². The Labute approximate surface area is 136 Å². The van der Waals surface area contributed by atoms with Crippen LogP contribution in [0.15, 0.2) is 4.79 Å². The summed E-state index contributed by atoms with van der Waals surface area (Å²) in [5.41, 5.74) is -0.0376. The van der Waals surface area contributed by atoms with Gasteiger partial charge in [-0.25, -0.2) is 9.97 Å². The van der Waals surface area contributed by atoms with E-state index in [2.05, 4.69) is 15.0 Å². The molecule has 0 spiro atoms. The van der Waals surface area contributed by atoms with Crippen molar-refractivity contribution < 1.29 is 9.18 Å². The zero-order valence-electron chi connectivity index (χ0n) is 13.1. The van der Waals surface area contributed by atoms with Crippen molar-refractivity contribution in [2.75, 3.05) is 6.54 Å². The van der Waals surface area contributed by atoms with Crippen molar-refractivity contribution in [1.29, 1.82) is 0 Å². The van der Waals surface area contributed by atoms with Gasteiger partial charge in [-0.3, -0.25) is 9.59 Å². The normalized spacial score (nSPS) is 17.7. The monoisotopic (exact) mass is 336 g/mol. The summed E-state index contributed by atoms with van der Waals surface area (Å²) in [6.07, 6.45) is 1.50. The number of rotatable bonds is 2. The molecule has 1 unspecified atom stereocenters. The molecule has 3 heterocycles. The molecule has 3 rings (SSSR count). The second kappa shape index (κ2) is 5.84. The highest BCUT2D eigenvalue weighted by Crippen LogP contribution is 2.32. The fourth-order valence-electron chi connectivity index (χ4n) is 2.91. The molecule has 0 aromatic carbocycles. The van der Waals surface area contributed by atoms with Crippen LogP contribution in [0.1, 0.15) is 50.8 Å². The molecule has 1 aliphatic rings. The maximum atomic E-state index is 13.5. The van der Waals surface area contributed by atoms with Gasteiger partial charge in [0.1, 0.15) is 10.7 Å². The Balaban J connectivity index is 1.96. The minimum Gasteiger partial charge on any atom is -0.328 e. The predicted molar refractivity (Wildman–Crippen MR) is 84.2 cm³/mol. The van der Waals surface area contributed by atoms with E-state index >= 15 is 0 Å². The highest BCUT2D eigenvalue weighted by Gasteiger charge is 2.34. The number of nitrogens with one attached hydrogen (secondary N) is 1. The first kappa shape index (κ1) is 15.8. The van der Waals surface area contributed by atoms with Crippen molar-refractivity contribution in [2.45, 2.75) is 39.7 Å². The Hall–Kier alpha value is -2.09. The average Bonchev–Trinajstić information content (AvgIpc) is 3.10. The highest BCUT2D eigenvalue weighted by atomic mass is 32.1. The maximum absolute atomic E-state index is 13.5. The third kappa shape index (κ3) is 2.78. The van der Waals surface area contributed by atoms with Gasteiger partial charge >= 0.3 is 0 Å². The van der Waals surface area contributed by atoms with E-state index in [1.807, 2.05) is 13.8 Å². The van der Waals surface area contributed by atoms with E-state index in [0.29, 0.717) is 29.4 Å². The van der Waals surface area contributed by atoms with E-state index in [1.54, 1.807) is 4.90 Å². The molecule has 1 fully saturated rings. The van der Waals surface area contributed by atoms with Gasteiger partial charge in [-0.2, -0.15) is 4.39 Å². The van der Waals surface area contributed by atoms with Gasteiger partial charge in [-0.15, -0.1) is 11.3 Å². The van der Waals surface area contributed by atoms with E-state index in [4.69, 9.17) is 0 Å². The Bertz CT molecular complexity index is 829. The van der Waals surface area contributed by atoms with Gasteiger partial charge in [-0.1, -0.05) is 0 Å². The van der Waals surface area contributed by atoms with Gasteiger partial charge in [0.05, 0.1) is 22.4 Å². The SMILES string of the molecule is Cc1nc(C)c(C(=O)N2CCCC2c2nc(C)c(F)c(=O)[nH]2)s1. The van der Waals surface area contributed by atoms with E-state index in [0.717, 1.165) is 11.4 Å². The van der Waals surface area contributed by atoms with Crippen molar-refractivity contribution >= 4 is 17.2 Å². The Morgan fingerprint density at radius 2 is 2.04 bits per heavy atom. The summed E-state index contributed by atoms with van der Waals surface area (Å²) >= 11 is 1.36. The molecular weight excluding hydrogens is 319 g/mol. The van der Waals surface area contributed by atoms with Gasteiger partial charge in [-0.05, 0) is 33.6 Å². The quantitative estimate of drug-likeness (QED) is 0.912. The molecule has 1 aliphatic heterocycles. The Morgan fingerprint density at radius 1 is 1.30 bits per heavy atom. The molecule has 2 aromatic heterocycles. The van der Waals surface area contributed by atoms with Crippen LogP contribution in [0.5, 0.6) is 0 Å². The molecule has 23 heavy (non-hydrogen) atoms. The van der Waals surface area contributed by atoms with Gasteiger partial charge in [0.2, 0.25) is 5.82 Å². The number of nitrogens with zero attached hydrogens (tertiary/aromatic N) is 3. The molecule has 0 aliphatic carbocycles. The molecule has 0 radical (unpaired) electrons. The van der Waals surface area contributed by atoms with Crippen molar-refractivity contribution in [2.24, 2.45) is 0 Å². The topological polar surface area (TPSA) is 79.0 Å². The zero-order chi connectivity index (χ0) is 16.7. The van der Waals surface area contributed by atoms with Gasteiger partial charge in [0.25, 0.3) is 11.5 Å². The molecule has 122 valence electrons.